The Labute approximate surface area is 205 Å². The zero-order chi connectivity index (χ0) is 24.4. The Morgan fingerprint density at radius 2 is 1.97 bits per heavy atom. The van der Waals surface area contributed by atoms with E-state index in [9.17, 15) is 19.5 Å². The lowest BCUT2D eigenvalue weighted by atomic mass is 9.75. The summed E-state index contributed by atoms with van der Waals surface area (Å²) >= 11 is 1.48. The van der Waals surface area contributed by atoms with Crippen LogP contribution in [-0.2, 0) is 25.8 Å². The maximum absolute atomic E-state index is 14.1. The number of hydrogen-bond acceptors (Lipinski definition) is 8. The van der Waals surface area contributed by atoms with Crippen LogP contribution in [0.1, 0.15) is 6.92 Å². The standard InChI is InChI=1S/C24H25N5O5S/c1-23-8-5-13-34-22(33)18(23)17-20(31)28(11-12-30)19-21(32)27(10-4-9-24(17,19)35-23)14-29-16-7-3-2-6-15(16)25-26-29/h2-9,17-19,30H,10-14H2,1H3/t17-,18+,19?,23-,24-/m0/s1. The molecule has 0 saturated carbocycles. The van der Waals surface area contributed by atoms with E-state index < -0.39 is 33.3 Å². The van der Waals surface area contributed by atoms with Crippen LogP contribution in [0.4, 0.5) is 0 Å². The molecule has 10 nitrogen and oxygen atoms in total. The minimum absolute atomic E-state index is 0.0102. The third kappa shape index (κ3) is 3.10. The second-order valence-electron chi connectivity index (χ2n) is 9.47. The highest BCUT2D eigenvalue weighted by Gasteiger charge is 2.74. The van der Waals surface area contributed by atoms with E-state index in [1.807, 2.05) is 49.4 Å². The molecule has 0 aliphatic carbocycles. The molecule has 5 atom stereocenters. The van der Waals surface area contributed by atoms with Crippen LogP contribution in [0, 0.1) is 11.8 Å². The van der Waals surface area contributed by atoms with Crippen molar-refractivity contribution in [2.45, 2.75) is 29.1 Å². The molecule has 5 heterocycles. The summed E-state index contributed by atoms with van der Waals surface area (Å²) in [7, 11) is 0. The molecule has 1 aromatic heterocycles. The fourth-order valence-corrected chi connectivity index (χ4v) is 8.21. The molecule has 1 spiro atoms. The lowest BCUT2D eigenvalue weighted by molar-refractivity contribution is -0.152. The topological polar surface area (TPSA) is 118 Å². The minimum Gasteiger partial charge on any atom is -0.461 e. The molecular formula is C24H25N5O5S. The molecule has 0 radical (unpaired) electrons. The maximum atomic E-state index is 14.1. The summed E-state index contributed by atoms with van der Waals surface area (Å²) in [5.41, 5.74) is 1.53. The molecular weight excluding hydrogens is 470 g/mol. The summed E-state index contributed by atoms with van der Waals surface area (Å²) in [6, 6.07) is 6.64. The smallest absolute Gasteiger partial charge is 0.311 e. The number of aromatic nitrogens is 3. The van der Waals surface area contributed by atoms with Gasteiger partial charge in [0, 0.05) is 17.8 Å². The predicted octanol–water partition coefficient (Wildman–Crippen LogP) is 0.580. The number of carbonyl (C=O) groups is 3. The fourth-order valence-electron chi connectivity index (χ4n) is 6.06. The van der Waals surface area contributed by atoms with Gasteiger partial charge in [0.25, 0.3) is 0 Å². The van der Waals surface area contributed by atoms with Crippen LogP contribution in [0.5, 0.6) is 0 Å². The van der Waals surface area contributed by atoms with Crippen LogP contribution in [0.25, 0.3) is 11.0 Å². The maximum Gasteiger partial charge on any atom is 0.311 e. The molecule has 2 aromatic rings. The highest BCUT2D eigenvalue weighted by atomic mass is 32.2. The third-order valence-electron chi connectivity index (χ3n) is 7.46. The van der Waals surface area contributed by atoms with Crippen molar-refractivity contribution in [3.8, 4) is 0 Å². The van der Waals surface area contributed by atoms with Gasteiger partial charge < -0.3 is 19.6 Å². The van der Waals surface area contributed by atoms with E-state index in [4.69, 9.17) is 4.74 Å². The summed E-state index contributed by atoms with van der Waals surface area (Å²) in [6.45, 7) is 2.30. The van der Waals surface area contributed by atoms with E-state index in [-0.39, 0.29) is 38.2 Å². The molecule has 2 saturated heterocycles. The van der Waals surface area contributed by atoms with Gasteiger partial charge in [-0.1, -0.05) is 35.6 Å². The Morgan fingerprint density at radius 3 is 2.80 bits per heavy atom. The number of ether oxygens (including phenoxy) is 1. The number of nitrogens with zero attached hydrogens (tertiary/aromatic N) is 5. The van der Waals surface area contributed by atoms with Crippen LogP contribution in [0.15, 0.2) is 48.6 Å². The molecule has 6 rings (SSSR count). The van der Waals surface area contributed by atoms with Gasteiger partial charge in [-0.05, 0) is 25.1 Å². The minimum atomic E-state index is -0.956. The van der Waals surface area contributed by atoms with Gasteiger partial charge in [-0.2, -0.15) is 0 Å². The van der Waals surface area contributed by atoms with Crippen LogP contribution >= 0.6 is 11.8 Å². The van der Waals surface area contributed by atoms with Crippen molar-refractivity contribution in [1.29, 1.82) is 0 Å². The van der Waals surface area contributed by atoms with Crippen LogP contribution < -0.4 is 0 Å². The molecule has 4 aliphatic rings. The number of para-hydroxylation sites is 1. The van der Waals surface area contributed by atoms with Crippen molar-refractivity contribution in [2.75, 3.05) is 26.3 Å². The van der Waals surface area contributed by atoms with E-state index in [0.717, 1.165) is 11.0 Å². The lowest BCUT2D eigenvalue weighted by Gasteiger charge is -2.36. The molecule has 35 heavy (non-hydrogen) atoms. The first kappa shape index (κ1) is 22.3. The van der Waals surface area contributed by atoms with Crippen molar-refractivity contribution in [3.05, 3.63) is 48.6 Å². The number of rotatable bonds is 4. The zero-order valence-corrected chi connectivity index (χ0v) is 19.9. The molecule has 182 valence electrons. The second-order valence-corrected chi connectivity index (χ2v) is 11.3. The number of amides is 2. The molecule has 1 N–H and O–H groups in total. The number of carbonyl (C=O) groups excluding carboxylic acids is 3. The Bertz CT molecular complexity index is 1290. The van der Waals surface area contributed by atoms with Gasteiger partial charge in [0.15, 0.2) is 0 Å². The number of thioether (sulfide) groups is 1. The molecule has 11 heteroatoms. The lowest BCUT2D eigenvalue weighted by Crippen LogP contribution is -2.54. The Balaban J connectivity index is 1.42. The Kier molecular flexibility index (Phi) is 5.05. The third-order valence-corrected chi connectivity index (χ3v) is 9.26. The Hall–Kier alpha value is -3.18. The number of hydrogen-bond donors (Lipinski definition) is 1. The SMILES string of the molecule is C[C@]12C=CCOC(=O)[C@H]1[C@H]1C(=O)N(CCO)C3C(=O)N(Cn4nnc5ccccc54)CC=C[C@@]31S2. The number of esters is 1. The fraction of sp³-hybridized carbons (Fsp3) is 0.458. The van der Waals surface area contributed by atoms with Crippen molar-refractivity contribution in [1.82, 2.24) is 24.8 Å². The highest BCUT2D eigenvalue weighted by molar-refractivity contribution is 8.02. The van der Waals surface area contributed by atoms with E-state index in [0.29, 0.717) is 6.54 Å². The zero-order valence-electron chi connectivity index (χ0n) is 19.1. The molecule has 1 aromatic carbocycles. The van der Waals surface area contributed by atoms with Gasteiger partial charge in [0.1, 0.15) is 24.8 Å². The Morgan fingerprint density at radius 1 is 1.14 bits per heavy atom. The van der Waals surface area contributed by atoms with Crippen LogP contribution in [-0.4, -0.2) is 89.5 Å². The van der Waals surface area contributed by atoms with Gasteiger partial charge in [-0.3, -0.25) is 14.4 Å². The van der Waals surface area contributed by atoms with Gasteiger partial charge in [0.05, 0.1) is 28.7 Å². The van der Waals surface area contributed by atoms with Gasteiger partial charge in [-0.15, -0.1) is 16.9 Å². The first-order valence-electron chi connectivity index (χ1n) is 11.6. The molecule has 2 amide bonds. The first-order valence-corrected chi connectivity index (χ1v) is 12.4. The van der Waals surface area contributed by atoms with E-state index >= 15 is 0 Å². The van der Waals surface area contributed by atoms with Crippen LogP contribution in [0.2, 0.25) is 0 Å². The highest BCUT2D eigenvalue weighted by Crippen LogP contribution is 2.65. The number of benzene rings is 1. The predicted molar refractivity (Wildman–Crippen MR) is 127 cm³/mol. The van der Waals surface area contributed by atoms with Gasteiger partial charge in [0.2, 0.25) is 11.8 Å². The van der Waals surface area contributed by atoms with Crippen LogP contribution in [0.3, 0.4) is 0 Å². The summed E-state index contributed by atoms with van der Waals surface area (Å²) in [5.74, 6) is -2.47. The number of cyclic esters (lactones) is 1. The van der Waals surface area contributed by atoms with Crippen molar-refractivity contribution < 1.29 is 24.2 Å². The number of likely N-dealkylation sites (tertiary alicyclic amines) is 1. The molecule has 2 fully saturated rings. The number of aliphatic hydroxyl groups is 1. The average molecular weight is 496 g/mol. The number of fused-ring (bicyclic) bond motifs is 3. The van der Waals surface area contributed by atoms with Crippen molar-refractivity contribution in [2.24, 2.45) is 11.8 Å². The van der Waals surface area contributed by atoms with Gasteiger partial charge >= 0.3 is 5.97 Å². The average Bonchev–Trinajstić information content (AvgIpc) is 3.35. The largest absolute Gasteiger partial charge is 0.461 e. The summed E-state index contributed by atoms with van der Waals surface area (Å²) in [5, 5.41) is 18.2. The van der Waals surface area contributed by atoms with E-state index in [2.05, 4.69) is 10.3 Å². The van der Waals surface area contributed by atoms with Crippen molar-refractivity contribution >= 4 is 40.6 Å². The van der Waals surface area contributed by atoms with Crippen molar-refractivity contribution in [3.63, 3.8) is 0 Å². The molecule has 4 aliphatic heterocycles. The second kappa shape index (κ2) is 7.92. The summed E-state index contributed by atoms with van der Waals surface area (Å²) in [6.07, 6.45) is 7.57. The summed E-state index contributed by atoms with van der Waals surface area (Å²) in [4.78, 5) is 44.1. The van der Waals surface area contributed by atoms with E-state index in [1.54, 1.807) is 15.7 Å². The monoisotopic (exact) mass is 495 g/mol. The first-order chi connectivity index (χ1) is 16.9. The number of β-amino-alcohol motifs (C(OH)–C–C–N with tert-alkyl or cyclic N) is 1. The van der Waals surface area contributed by atoms with Gasteiger partial charge in [-0.25, -0.2) is 4.68 Å². The normalized spacial score (nSPS) is 34.0. The summed E-state index contributed by atoms with van der Waals surface area (Å²) < 4.78 is 5.42. The molecule has 0 bridgehead atoms. The molecule has 1 unspecified atom stereocenters. The quantitative estimate of drug-likeness (QED) is 0.484. The van der Waals surface area contributed by atoms with E-state index in [1.165, 1.54) is 16.7 Å². The number of aliphatic hydroxyl groups excluding tert-OH is 1.